The summed E-state index contributed by atoms with van der Waals surface area (Å²) in [7, 11) is 0. The van der Waals surface area contributed by atoms with Crippen LogP contribution in [-0.4, -0.2) is 15.2 Å². The molecule has 0 fully saturated rings. The number of H-pyrrole nitrogens is 1. The van der Waals surface area contributed by atoms with Gasteiger partial charge >= 0.3 is 0 Å². The Hall–Kier alpha value is -1.38. The Kier molecular flexibility index (Phi) is 3.01. The molecule has 0 aliphatic carbocycles. The van der Waals surface area contributed by atoms with E-state index in [2.05, 4.69) is 15.2 Å². The van der Waals surface area contributed by atoms with Gasteiger partial charge in [-0.3, -0.25) is 5.10 Å². The van der Waals surface area contributed by atoms with Crippen LogP contribution < -0.4 is 0 Å². The molecule has 0 aromatic carbocycles. The van der Waals surface area contributed by atoms with Gasteiger partial charge in [-0.05, 0) is 26.0 Å². The quantitative estimate of drug-likeness (QED) is 0.672. The molecule has 0 radical (unpaired) electrons. The van der Waals surface area contributed by atoms with Crippen molar-refractivity contribution in [2.75, 3.05) is 0 Å². The Morgan fingerprint density at radius 3 is 2.54 bits per heavy atom. The minimum atomic E-state index is 0.938. The maximum Gasteiger partial charge on any atom is 0.111 e. The van der Waals surface area contributed by atoms with E-state index in [1.54, 1.807) is 0 Å². The fourth-order valence-corrected chi connectivity index (χ4v) is 1.11. The molecule has 0 saturated heterocycles. The van der Waals surface area contributed by atoms with E-state index < -0.39 is 0 Å². The normalized spacial score (nSPS) is 9.54. The molecule has 0 atom stereocenters. The Balaban J connectivity index is 0.000000396. The van der Waals surface area contributed by atoms with Gasteiger partial charge in [-0.1, -0.05) is 13.8 Å². The van der Waals surface area contributed by atoms with E-state index in [4.69, 9.17) is 0 Å². The molecule has 3 nitrogen and oxygen atoms in total. The number of pyridine rings is 1. The molecule has 0 bridgehead atoms. The highest BCUT2D eigenvalue weighted by atomic mass is 15.1. The molecule has 2 aromatic rings. The van der Waals surface area contributed by atoms with Crippen LogP contribution >= 0.6 is 0 Å². The summed E-state index contributed by atoms with van der Waals surface area (Å²) in [5.74, 6) is 0. The molecule has 0 spiro atoms. The Morgan fingerprint density at radius 2 is 1.85 bits per heavy atom. The zero-order valence-electron chi connectivity index (χ0n) is 8.55. The lowest BCUT2D eigenvalue weighted by molar-refractivity contribution is 1.07. The summed E-state index contributed by atoms with van der Waals surface area (Å²) in [6, 6.07) is 3.93. The first-order chi connectivity index (χ1) is 6.27. The number of rotatable bonds is 0. The third-order valence-corrected chi connectivity index (χ3v) is 1.71. The Bertz CT molecular complexity index is 390. The van der Waals surface area contributed by atoms with Crippen molar-refractivity contribution in [1.82, 2.24) is 15.2 Å². The third-order valence-electron chi connectivity index (χ3n) is 1.71. The Morgan fingerprint density at radius 1 is 1.15 bits per heavy atom. The molecular weight excluding hydrogens is 162 g/mol. The minimum Gasteiger partial charge on any atom is -0.280 e. The number of fused-ring (bicyclic) bond motifs is 1. The van der Waals surface area contributed by atoms with Crippen LogP contribution in [0.1, 0.15) is 25.2 Å². The van der Waals surface area contributed by atoms with Gasteiger partial charge in [0.2, 0.25) is 0 Å². The molecule has 13 heavy (non-hydrogen) atoms. The fourth-order valence-electron chi connectivity index (χ4n) is 1.11. The summed E-state index contributed by atoms with van der Waals surface area (Å²) in [5.41, 5.74) is 3.98. The second kappa shape index (κ2) is 4.03. The SMILES string of the molecule is CC.Cc1ccc2n[nH]c(C)c2n1. The van der Waals surface area contributed by atoms with E-state index in [0.717, 1.165) is 22.4 Å². The van der Waals surface area contributed by atoms with E-state index in [-0.39, 0.29) is 0 Å². The first-order valence-electron chi connectivity index (χ1n) is 4.56. The van der Waals surface area contributed by atoms with Crippen LogP contribution in [0.4, 0.5) is 0 Å². The van der Waals surface area contributed by atoms with Crippen LogP contribution in [0, 0.1) is 13.8 Å². The number of nitrogens with zero attached hydrogens (tertiary/aromatic N) is 2. The number of aromatic nitrogens is 3. The number of hydrogen-bond acceptors (Lipinski definition) is 2. The van der Waals surface area contributed by atoms with Crippen molar-refractivity contribution in [2.24, 2.45) is 0 Å². The highest BCUT2D eigenvalue weighted by molar-refractivity contribution is 5.76. The van der Waals surface area contributed by atoms with Gasteiger partial charge in [-0.25, -0.2) is 4.98 Å². The average molecular weight is 177 g/mol. The number of nitrogens with one attached hydrogen (secondary N) is 1. The molecule has 70 valence electrons. The molecule has 2 heterocycles. The van der Waals surface area contributed by atoms with Crippen molar-refractivity contribution >= 4 is 11.0 Å². The predicted octanol–water partition coefficient (Wildman–Crippen LogP) is 2.60. The number of aromatic amines is 1. The van der Waals surface area contributed by atoms with E-state index in [1.807, 2.05) is 39.8 Å². The molecule has 0 saturated carbocycles. The van der Waals surface area contributed by atoms with Gasteiger partial charge in [0.15, 0.2) is 0 Å². The fraction of sp³-hybridized carbons (Fsp3) is 0.400. The molecule has 0 aliphatic rings. The molecule has 1 N–H and O–H groups in total. The van der Waals surface area contributed by atoms with Crippen LogP contribution in [-0.2, 0) is 0 Å². The number of hydrogen-bond donors (Lipinski definition) is 1. The Labute approximate surface area is 78.2 Å². The molecule has 2 rings (SSSR count). The van der Waals surface area contributed by atoms with E-state index in [9.17, 15) is 0 Å². The van der Waals surface area contributed by atoms with Crippen molar-refractivity contribution in [1.29, 1.82) is 0 Å². The first kappa shape index (κ1) is 9.71. The lowest BCUT2D eigenvalue weighted by Crippen LogP contribution is -1.80. The summed E-state index contributed by atoms with van der Waals surface area (Å²) in [6.07, 6.45) is 0. The molecule has 0 amide bonds. The second-order valence-corrected chi connectivity index (χ2v) is 2.67. The standard InChI is InChI=1S/C8H9N3.C2H6/c1-5-3-4-7-8(9-5)6(2)10-11-7;1-2/h3-4H,1-2H3,(H,10,11);1-2H3. The van der Waals surface area contributed by atoms with E-state index in [0.29, 0.717) is 0 Å². The van der Waals surface area contributed by atoms with Gasteiger partial charge in [-0.15, -0.1) is 0 Å². The largest absolute Gasteiger partial charge is 0.280 e. The summed E-state index contributed by atoms with van der Waals surface area (Å²) in [4.78, 5) is 4.34. The van der Waals surface area contributed by atoms with Gasteiger partial charge in [0.1, 0.15) is 11.0 Å². The average Bonchev–Trinajstić information content (AvgIpc) is 2.52. The lowest BCUT2D eigenvalue weighted by Gasteiger charge is -1.90. The van der Waals surface area contributed by atoms with Crippen molar-refractivity contribution in [3.63, 3.8) is 0 Å². The first-order valence-corrected chi connectivity index (χ1v) is 4.56. The summed E-state index contributed by atoms with van der Waals surface area (Å²) >= 11 is 0. The van der Waals surface area contributed by atoms with Crippen molar-refractivity contribution < 1.29 is 0 Å². The second-order valence-electron chi connectivity index (χ2n) is 2.67. The maximum absolute atomic E-state index is 4.34. The molecule has 0 unspecified atom stereocenters. The van der Waals surface area contributed by atoms with Gasteiger partial charge in [0, 0.05) is 5.69 Å². The predicted molar refractivity (Wildman–Crippen MR) is 54.7 cm³/mol. The van der Waals surface area contributed by atoms with E-state index >= 15 is 0 Å². The van der Waals surface area contributed by atoms with E-state index in [1.165, 1.54) is 0 Å². The van der Waals surface area contributed by atoms with Crippen molar-refractivity contribution in [3.8, 4) is 0 Å². The van der Waals surface area contributed by atoms with Crippen LogP contribution in [0.5, 0.6) is 0 Å². The smallest absolute Gasteiger partial charge is 0.111 e. The van der Waals surface area contributed by atoms with Crippen molar-refractivity contribution in [3.05, 3.63) is 23.5 Å². The highest BCUT2D eigenvalue weighted by Crippen LogP contribution is 2.11. The van der Waals surface area contributed by atoms with Gasteiger partial charge in [-0.2, -0.15) is 5.10 Å². The minimum absolute atomic E-state index is 0.938. The van der Waals surface area contributed by atoms with Crippen LogP contribution in [0.15, 0.2) is 12.1 Å². The summed E-state index contributed by atoms with van der Waals surface area (Å²) in [6.45, 7) is 7.95. The highest BCUT2D eigenvalue weighted by Gasteiger charge is 2.00. The number of aryl methyl sites for hydroxylation is 2. The molecule has 2 aromatic heterocycles. The third kappa shape index (κ3) is 1.86. The molecule has 0 aliphatic heterocycles. The molecule has 3 heteroatoms. The molecular formula is C10H15N3. The topological polar surface area (TPSA) is 41.6 Å². The monoisotopic (exact) mass is 177 g/mol. The van der Waals surface area contributed by atoms with Crippen LogP contribution in [0.3, 0.4) is 0 Å². The van der Waals surface area contributed by atoms with Crippen molar-refractivity contribution in [2.45, 2.75) is 27.7 Å². The summed E-state index contributed by atoms with van der Waals surface area (Å²) in [5, 5.41) is 6.96. The zero-order valence-corrected chi connectivity index (χ0v) is 8.55. The van der Waals surface area contributed by atoms with Crippen LogP contribution in [0.2, 0.25) is 0 Å². The maximum atomic E-state index is 4.34. The summed E-state index contributed by atoms with van der Waals surface area (Å²) < 4.78 is 0. The van der Waals surface area contributed by atoms with Gasteiger partial charge in [0.05, 0.1) is 5.69 Å². The van der Waals surface area contributed by atoms with Gasteiger partial charge in [0.25, 0.3) is 0 Å². The zero-order chi connectivity index (χ0) is 9.84. The lowest BCUT2D eigenvalue weighted by atomic mass is 10.3. The van der Waals surface area contributed by atoms with Gasteiger partial charge < -0.3 is 0 Å². The van der Waals surface area contributed by atoms with Crippen LogP contribution in [0.25, 0.3) is 11.0 Å².